The first-order chi connectivity index (χ1) is 13.8. The minimum Gasteiger partial charge on any atom is -0.338 e. The van der Waals surface area contributed by atoms with Crippen LogP contribution in [0.1, 0.15) is 18.5 Å². The standard InChI is InChI=1S/C21H26FN3O3S/c1-17(18-6-4-3-5-7-18)23(2)21(26)16-24-12-14-25(15-13-24)29(27,28)20-10-8-19(22)9-11-20/h3-11,17H,12-16H2,1-2H3/t17-/m1/s1. The first kappa shape index (κ1) is 21.4. The summed E-state index contributed by atoms with van der Waals surface area (Å²) in [6.07, 6.45) is 0. The number of rotatable bonds is 6. The van der Waals surface area contributed by atoms with Crippen molar-refractivity contribution in [2.75, 3.05) is 39.8 Å². The van der Waals surface area contributed by atoms with Gasteiger partial charge in [-0.2, -0.15) is 4.31 Å². The fourth-order valence-corrected chi connectivity index (χ4v) is 4.78. The second-order valence-electron chi connectivity index (χ2n) is 7.23. The van der Waals surface area contributed by atoms with Gasteiger partial charge in [0.1, 0.15) is 5.82 Å². The first-order valence-electron chi connectivity index (χ1n) is 9.57. The molecule has 8 heteroatoms. The number of piperazine rings is 1. The van der Waals surface area contributed by atoms with Crippen molar-refractivity contribution < 1.29 is 17.6 Å². The van der Waals surface area contributed by atoms with Crippen molar-refractivity contribution in [2.45, 2.75) is 17.9 Å². The van der Waals surface area contributed by atoms with Crippen molar-refractivity contribution in [3.8, 4) is 0 Å². The van der Waals surface area contributed by atoms with Crippen LogP contribution in [-0.4, -0.2) is 68.2 Å². The molecule has 0 aliphatic carbocycles. The highest BCUT2D eigenvalue weighted by Crippen LogP contribution is 2.20. The van der Waals surface area contributed by atoms with E-state index in [1.54, 1.807) is 11.9 Å². The number of hydrogen-bond donors (Lipinski definition) is 0. The summed E-state index contributed by atoms with van der Waals surface area (Å²) in [5.41, 5.74) is 1.07. The van der Waals surface area contributed by atoms with Gasteiger partial charge in [0.2, 0.25) is 15.9 Å². The Morgan fingerprint density at radius 2 is 1.62 bits per heavy atom. The molecule has 0 N–H and O–H groups in total. The van der Waals surface area contributed by atoms with Crippen LogP contribution in [0.3, 0.4) is 0 Å². The van der Waals surface area contributed by atoms with E-state index in [0.717, 1.165) is 17.7 Å². The summed E-state index contributed by atoms with van der Waals surface area (Å²) in [7, 11) is -1.86. The van der Waals surface area contributed by atoms with Crippen LogP contribution in [0, 0.1) is 5.82 Å². The average molecular weight is 420 g/mol. The molecule has 0 unspecified atom stereocenters. The van der Waals surface area contributed by atoms with Gasteiger partial charge < -0.3 is 4.90 Å². The van der Waals surface area contributed by atoms with Crippen LogP contribution in [0.15, 0.2) is 59.5 Å². The minimum absolute atomic E-state index is 0.00352. The zero-order chi connectivity index (χ0) is 21.0. The third-order valence-corrected chi connectivity index (χ3v) is 7.31. The number of amides is 1. The molecule has 1 heterocycles. The van der Waals surface area contributed by atoms with Crippen LogP contribution in [0.4, 0.5) is 4.39 Å². The monoisotopic (exact) mass is 419 g/mol. The van der Waals surface area contributed by atoms with E-state index in [4.69, 9.17) is 0 Å². The lowest BCUT2D eigenvalue weighted by atomic mass is 10.1. The van der Waals surface area contributed by atoms with Gasteiger partial charge >= 0.3 is 0 Å². The Balaban J connectivity index is 1.55. The van der Waals surface area contributed by atoms with Gasteiger partial charge in [0.25, 0.3) is 0 Å². The first-order valence-corrected chi connectivity index (χ1v) is 11.0. The van der Waals surface area contributed by atoms with Crippen LogP contribution >= 0.6 is 0 Å². The van der Waals surface area contributed by atoms with Gasteiger partial charge in [-0.15, -0.1) is 0 Å². The zero-order valence-corrected chi connectivity index (χ0v) is 17.5. The molecule has 156 valence electrons. The van der Waals surface area contributed by atoms with Crippen LogP contribution in [0.25, 0.3) is 0 Å². The Morgan fingerprint density at radius 1 is 1.03 bits per heavy atom. The third kappa shape index (κ3) is 5.01. The molecular formula is C21H26FN3O3S. The summed E-state index contributed by atoms with van der Waals surface area (Å²) in [6.45, 7) is 3.77. The highest BCUT2D eigenvalue weighted by molar-refractivity contribution is 7.89. The fraction of sp³-hybridized carbons (Fsp3) is 0.381. The van der Waals surface area contributed by atoms with E-state index >= 15 is 0 Å². The predicted molar refractivity (Wildman–Crippen MR) is 109 cm³/mol. The van der Waals surface area contributed by atoms with E-state index in [1.165, 1.54) is 16.4 Å². The van der Waals surface area contributed by atoms with Gasteiger partial charge in [0.05, 0.1) is 17.5 Å². The van der Waals surface area contributed by atoms with Gasteiger partial charge in [-0.05, 0) is 36.8 Å². The minimum atomic E-state index is -3.65. The third-order valence-electron chi connectivity index (χ3n) is 5.40. The van der Waals surface area contributed by atoms with Crippen molar-refractivity contribution in [3.63, 3.8) is 0 Å². The molecule has 0 radical (unpaired) electrons. The summed E-state index contributed by atoms with van der Waals surface area (Å²) >= 11 is 0. The number of nitrogens with zero attached hydrogens (tertiary/aromatic N) is 3. The number of likely N-dealkylation sites (N-methyl/N-ethyl adjacent to an activating group) is 1. The van der Waals surface area contributed by atoms with Gasteiger partial charge in [0, 0.05) is 33.2 Å². The van der Waals surface area contributed by atoms with Gasteiger partial charge in [-0.25, -0.2) is 12.8 Å². The number of benzene rings is 2. The van der Waals surface area contributed by atoms with Crippen LogP contribution in [0.2, 0.25) is 0 Å². The van der Waals surface area contributed by atoms with Gasteiger partial charge in [0.15, 0.2) is 0 Å². The lowest BCUT2D eigenvalue weighted by Gasteiger charge is -2.35. The molecule has 0 spiro atoms. The number of halogens is 1. The fourth-order valence-electron chi connectivity index (χ4n) is 3.36. The van der Waals surface area contributed by atoms with Gasteiger partial charge in [-0.3, -0.25) is 9.69 Å². The molecule has 1 aliphatic heterocycles. The number of hydrogen-bond acceptors (Lipinski definition) is 4. The Kier molecular flexibility index (Phi) is 6.66. The summed E-state index contributed by atoms with van der Waals surface area (Å²) in [5.74, 6) is -0.475. The maximum Gasteiger partial charge on any atom is 0.243 e. The molecule has 0 bridgehead atoms. The van der Waals surface area contributed by atoms with E-state index in [9.17, 15) is 17.6 Å². The largest absolute Gasteiger partial charge is 0.338 e. The molecule has 1 amide bonds. The van der Waals surface area contributed by atoms with E-state index in [0.29, 0.717) is 26.2 Å². The Bertz CT molecular complexity index is 927. The molecular weight excluding hydrogens is 393 g/mol. The molecule has 3 rings (SSSR count). The molecule has 2 aromatic rings. The number of carbonyl (C=O) groups is 1. The van der Waals surface area contributed by atoms with E-state index in [-0.39, 0.29) is 23.4 Å². The van der Waals surface area contributed by atoms with Crippen molar-refractivity contribution in [1.29, 1.82) is 0 Å². The van der Waals surface area contributed by atoms with Crippen molar-refractivity contribution in [1.82, 2.24) is 14.1 Å². The second kappa shape index (κ2) is 9.02. The molecule has 0 aromatic heterocycles. The predicted octanol–water partition coefficient (Wildman–Crippen LogP) is 2.35. The summed E-state index contributed by atoms with van der Waals surface area (Å²) in [4.78, 5) is 16.4. The lowest BCUT2D eigenvalue weighted by Crippen LogP contribution is -2.51. The number of carbonyl (C=O) groups excluding carboxylic acids is 1. The average Bonchev–Trinajstić information content (AvgIpc) is 2.74. The molecule has 1 fully saturated rings. The van der Waals surface area contributed by atoms with Crippen LogP contribution in [-0.2, 0) is 14.8 Å². The topological polar surface area (TPSA) is 60.9 Å². The van der Waals surface area contributed by atoms with Gasteiger partial charge in [-0.1, -0.05) is 30.3 Å². The zero-order valence-electron chi connectivity index (χ0n) is 16.7. The molecule has 1 atom stereocenters. The Morgan fingerprint density at radius 3 is 2.21 bits per heavy atom. The highest BCUT2D eigenvalue weighted by Gasteiger charge is 2.30. The second-order valence-corrected chi connectivity index (χ2v) is 9.16. The van der Waals surface area contributed by atoms with E-state index in [1.807, 2.05) is 42.2 Å². The SMILES string of the molecule is C[C@H](c1ccccc1)N(C)C(=O)CN1CCN(S(=O)(=O)c2ccc(F)cc2)CC1. The summed E-state index contributed by atoms with van der Waals surface area (Å²) in [5, 5.41) is 0. The van der Waals surface area contributed by atoms with Crippen molar-refractivity contribution >= 4 is 15.9 Å². The molecule has 0 saturated carbocycles. The van der Waals surface area contributed by atoms with Crippen molar-refractivity contribution in [2.24, 2.45) is 0 Å². The van der Waals surface area contributed by atoms with Crippen molar-refractivity contribution in [3.05, 3.63) is 66.0 Å². The summed E-state index contributed by atoms with van der Waals surface area (Å²) in [6, 6.07) is 14.6. The molecule has 2 aromatic carbocycles. The van der Waals surface area contributed by atoms with E-state index in [2.05, 4.69) is 0 Å². The smallest absolute Gasteiger partial charge is 0.243 e. The normalized spacial score (nSPS) is 17.1. The van der Waals surface area contributed by atoms with Crippen LogP contribution < -0.4 is 0 Å². The maximum atomic E-state index is 13.1. The molecule has 6 nitrogen and oxygen atoms in total. The molecule has 1 saturated heterocycles. The lowest BCUT2D eigenvalue weighted by molar-refractivity contribution is -0.133. The number of sulfonamides is 1. The van der Waals surface area contributed by atoms with E-state index < -0.39 is 15.8 Å². The molecule has 29 heavy (non-hydrogen) atoms. The maximum absolute atomic E-state index is 13.1. The quantitative estimate of drug-likeness (QED) is 0.721. The Hall–Kier alpha value is -2.29. The summed E-state index contributed by atoms with van der Waals surface area (Å²) < 4.78 is 39.8. The highest BCUT2D eigenvalue weighted by atomic mass is 32.2. The molecule has 1 aliphatic rings. The Labute approximate surface area is 171 Å². The van der Waals surface area contributed by atoms with Crippen LogP contribution in [0.5, 0.6) is 0 Å².